The quantitative estimate of drug-likeness (QED) is 0.727. The number of aromatic nitrogens is 2. The first-order chi connectivity index (χ1) is 14.3. The van der Waals surface area contributed by atoms with Crippen molar-refractivity contribution in [1.29, 1.82) is 0 Å². The first-order valence-electron chi connectivity index (χ1n) is 10.4. The highest BCUT2D eigenvalue weighted by atomic mass is 32.2. The summed E-state index contributed by atoms with van der Waals surface area (Å²) in [5.41, 5.74) is 1.37. The van der Waals surface area contributed by atoms with E-state index in [-0.39, 0.29) is 23.5 Å². The molecule has 1 amide bonds. The fourth-order valence-corrected chi connectivity index (χ4v) is 6.16. The van der Waals surface area contributed by atoms with E-state index in [1.165, 1.54) is 11.3 Å². The maximum absolute atomic E-state index is 12.9. The largest absolute Gasteiger partial charge is 0.377 e. The number of aryl methyl sites for hydroxylation is 2. The maximum atomic E-state index is 12.9. The number of nitrogens with zero attached hydrogens (tertiary/aromatic N) is 3. The molecule has 2 aromatic heterocycles. The Balaban J connectivity index is 1.53. The summed E-state index contributed by atoms with van der Waals surface area (Å²) >= 11 is 1.33. The molecule has 10 heteroatoms. The zero-order valence-corrected chi connectivity index (χ0v) is 19.0. The third-order valence-electron chi connectivity index (χ3n) is 5.67. The molecular weight excluding hydrogens is 424 g/mol. The molecule has 1 unspecified atom stereocenters. The van der Waals surface area contributed by atoms with Gasteiger partial charge in [0.2, 0.25) is 10.0 Å². The van der Waals surface area contributed by atoms with E-state index >= 15 is 0 Å². The fourth-order valence-electron chi connectivity index (χ4n) is 3.93. The molecule has 0 saturated carbocycles. The third kappa shape index (κ3) is 4.46. The monoisotopic (exact) mass is 452 g/mol. The predicted molar refractivity (Wildman–Crippen MR) is 115 cm³/mol. The second-order valence-corrected chi connectivity index (χ2v) is 10.7. The molecule has 4 heterocycles. The first-order valence-corrected chi connectivity index (χ1v) is 12.7. The highest BCUT2D eigenvalue weighted by Gasteiger charge is 2.26. The summed E-state index contributed by atoms with van der Waals surface area (Å²) in [6.45, 7) is 4.37. The van der Waals surface area contributed by atoms with Crippen LogP contribution in [-0.4, -0.2) is 61.1 Å². The number of piperidine rings is 1. The van der Waals surface area contributed by atoms with E-state index in [2.05, 4.69) is 9.71 Å². The number of nitrogens with one attached hydrogen (secondary N) is 1. The summed E-state index contributed by atoms with van der Waals surface area (Å²) in [6, 6.07) is 1.62. The van der Waals surface area contributed by atoms with Crippen LogP contribution in [0.3, 0.4) is 0 Å². The number of thiazole rings is 1. The Morgan fingerprint density at radius 3 is 2.77 bits per heavy atom. The minimum atomic E-state index is -3.64. The van der Waals surface area contributed by atoms with Crippen molar-refractivity contribution >= 4 is 27.3 Å². The lowest BCUT2D eigenvalue weighted by molar-refractivity contribution is 0.0728. The van der Waals surface area contributed by atoms with E-state index in [9.17, 15) is 13.2 Å². The van der Waals surface area contributed by atoms with Crippen LogP contribution in [0.25, 0.3) is 10.7 Å². The Morgan fingerprint density at radius 1 is 1.30 bits per heavy atom. The van der Waals surface area contributed by atoms with Gasteiger partial charge in [-0.05, 0) is 45.1 Å². The molecule has 30 heavy (non-hydrogen) atoms. The van der Waals surface area contributed by atoms with Crippen molar-refractivity contribution < 1.29 is 17.9 Å². The number of amides is 1. The van der Waals surface area contributed by atoms with Crippen LogP contribution in [0.15, 0.2) is 17.2 Å². The normalized spacial score (nSPS) is 20.1. The summed E-state index contributed by atoms with van der Waals surface area (Å²) in [6.07, 6.45) is 6.59. The number of likely N-dealkylation sites (tertiary alicyclic amines) is 1. The van der Waals surface area contributed by atoms with Crippen LogP contribution in [-0.2, 0) is 21.8 Å². The molecule has 0 bridgehead atoms. The van der Waals surface area contributed by atoms with Crippen molar-refractivity contribution in [3.63, 3.8) is 0 Å². The minimum absolute atomic E-state index is 0.0243. The van der Waals surface area contributed by atoms with E-state index < -0.39 is 10.0 Å². The third-order valence-corrected chi connectivity index (χ3v) is 8.23. The minimum Gasteiger partial charge on any atom is -0.377 e. The zero-order valence-electron chi connectivity index (χ0n) is 17.4. The Hall–Kier alpha value is -1.75. The van der Waals surface area contributed by atoms with Crippen molar-refractivity contribution in [3.05, 3.63) is 22.8 Å². The van der Waals surface area contributed by atoms with E-state index in [0.29, 0.717) is 27.9 Å². The van der Waals surface area contributed by atoms with E-state index in [4.69, 9.17) is 4.74 Å². The molecule has 2 aliphatic heterocycles. The van der Waals surface area contributed by atoms with Crippen molar-refractivity contribution in [2.45, 2.75) is 50.0 Å². The number of rotatable bonds is 6. The van der Waals surface area contributed by atoms with Gasteiger partial charge < -0.3 is 14.2 Å². The summed E-state index contributed by atoms with van der Waals surface area (Å²) in [5.74, 6) is 0.0243. The van der Waals surface area contributed by atoms with Gasteiger partial charge in [-0.25, -0.2) is 18.1 Å². The average Bonchev–Trinajstić information content (AvgIpc) is 3.47. The Kier molecular flexibility index (Phi) is 6.29. The van der Waals surface area contributed by atoms with Gasteiger partial charge in [-0.3, -0.25) is 4.79 Å². The van der Waals surface area contributed by atoms with Crippen LogP contribution in [0.1, 0.15) is 47.5 Å². The second kappa shape index (κ2) is 8.78. The highest BCUT2D eigenvalue weighted by Crippen LogP contribution is 2.31. The number of hydrogen-bond donors (Lipinski definition) is 1. The molecule has 0 aliphatic carbocycles. The standard InChI is InChI=1S/C20H28N4O4S2/c1-14-18(20(25)24-8-4-3-5-9-24)29-19(22-14)17-11-16(13-23(17)2)30(26,27)21-12-15-7-6-10-28-15/h11,13,15,21H,3-10,12H2,1-2H3. The predicted octanol–water partition coefficient (Wildman–Crippen LogP) is 2.54. The van der Waals surface area contributed by atoms with E-state index in [0.717, 1.165) is 45.2 Å². The molecule has 2 aliphatic rings. The van der Waals surface area contributed by atoms with Gasteiger partial charge in [0, 0.05) is 39.5 Å². The lowest BCUT2D eigenvalue weighted by atomic mass is 10.1. The van der Waals surface area contributed by atoms with E-state index in [1.807, 2.05) is 11.8 Å². The van der Waals surface area contributed by atoms with Gasteiger partial charge in [0.25, 0.3) is 5.91 Å². The smallest absolute Gasteiger partial charge is 0.265 e. The van der Waals surface area contributed by atoms with Crippen molar-refractivity contribution in [3.8, 4) is 10.7 Å². The van der Waals surface area contributed by atoms with Crippen LogP contribution in [0.4, 0.5) is 0 Å². The number of ether oxygens (including phenoxy) is 1. The van der Waals surface area contributed by atoms with Gasteiger partial charge in [0.05, 0.1) is 17.5 Å². The molecule has 2 saturated heterocycles. The van der Waals surface area contributed by atoms with Crippen molar-refractivity contribution in [2.75, 3.05) is 26.2 Å². The Labute approximate surface area is 181 Å². The molecular formula is C20H28N4O4S2. The number of sulfonamides is 1. The number of carbonyl (C=O) groups is 1. The summed E-state index contributed by atoms with van der Waals surface area (Å²) in [5, 5.41) is 0.649. The summed E-state index contributed by atoms with van der Waals surface area (Å²) < 4.78 is 35.3. The molecule has 0 spiro atoms. The maximum Gasteiger partial charge on any atom is 0.265 e. The van der Waals surface area contributed by atoms with Crippen molar-refractivity contribution in [2.24, 2.45) is 7.05 Å². The first kappa shape index (κ1) is 21.5. The molecule has 2 aromatic rings. The second-order valence-electron chi connectivity index (χ2n) is 7.95. The van der Waals surface area contributed by atoms with Crippen LogP contribution >= 0.6 is 11.3 Å². The molecule has 8 nitrogen and oxygen atoms in total. The summed E-state index contributed by atoms with van der Waals surface area (Å²) in [4.78, 5) is 20.2. The summed E-state index contributed by atoms with van der Waals surface area (Å²) in [7, 11) is -1.85. The van der Waals surface area contributed by atoms with Gasteiger partial charge in [-0.2, -0.15) is 0 Å². The van der Waals surface area contributed by atoms with Gasteiger partial charge in [-0.15, -0.1) is 11.3 Å². The van der Waals surface area contributed by atoms with Gasteiger partial charge >= 0.3 is 0 Å². The van der Waals surface area contributed by atoms with E-state index in [1.54, 1.807) is 23.9 Å². The zero-order chi connectivity index (χ0) is 21.3. The van der Waals surface area contributed by atoms with Crippen LogP contribution in [0.5, 0.6) is 0 Å². The van der Waals surface area contributed by atoms with Gasteiger partial charge in [0.1, 0.15) is 14.8 Å². The van der Waals surface area contributed by atoms with Gasteiger partial charge in [0.15, 0.2) is 0 Å². The molecule has 0 radical (unpaired) electrons. The van der Waals surface area contributed by atoms with Crippen LogP contribution in [0, 0.1) is 6.92 Å². The molecule has 0 aromatic carbocycles. The average molecular weight is 453 g/mol. The topological polar surface area (TPSA) is 93.5 Å². The SMILES string of the molecule is Cc1nc(-c2cc(S(=O)(=O)NCC3CCCO3)cn2C)sc1C(=O)N1CCCCC1. The number of carbonyl (C=O) groups excluding carboxylic acids is 1. The molecule has 1 N–H and O–H groups in total. The lowest BCUT2D eigenvalue weighted by Crippen LogP contribution is -2.35. The Bertz CT molecular complexity index is 1020. The molecule has 164 valence electrons. The Morgan fingerprint density at radius 2 is 2.07 bits per heavy atom. The number of hydrogen-bond acceptors (Lipinski definition) is 6. The molecule has 4 rings (SSSR count). The highest BCUT2D eigenvalue weighted by molar-refractivity contribution is 7.89. The molecule has 2 fully saturated rings. The van der Waals surface area contributed by atoms with Gasteiger partial charge in [-0.1, -0.05) is 0 Å². The van der Waals surface area contributed by atoms with Crippen molar-refractivity contribution in [1.82, 2.24) is 19.2 Å². The van der Waals surface area contributed by atoms with Crippen LogP contribution in [0.2, 0.25) is 0 Å². The molecule has 1 atom stereocenters. The fraction of sp³-hybridized carbons (Fsp3) is 0.600. The van der Waals surface area contributed by atoms with Crippen LogP contribution < -0.4 is 4.72 Å². The lowest BCUT2D eigenvalue weighted by Gasteiger charge is -2.26.